The molecule has 0 aromatic rings. The van der Waals surface area contributed by atoms with Crippen LogP contribution in [-0.2, 0) is 24.0 Å². The van der Waals surface area contributed by atoms with E-state index in [0.717, 1.165) is 0 Å². The lowest BCUT2D eigenvalue weighted by Gasteiger charge is -2.15. The van der Waals surface area contributed by atoms with Crippen LogP contribution in [0.4, 0.5) is 0 Å². The number of rotatable bonds is 23. The van der Waals surface area contributed by atoms with Crippen molar-refractivity contribution in [3.8, 4) is 0 Å². The molecular weight excluding hydrogens is 514 g/mol. The highest BCUT2D eigenvalue weighted by Crippen LogP contribution is 2.03. The quantitative estimate of drug-likeness (QED) is 0.0597. The van der Waals surface area contributed by atoms with Gasteiger partial charge in [-0.2, -0.15) is 0 Å². The molecule has 0 aromatic heterocycles. The Morgan fingerprint density at radius 2 is 0.923 bits per heavy atom. The topological polar surface area (TPSA) is 200 Å². The molecule has 14 heteroatoms. The van der Waals surface area contributed by atoms with Crippen molar-refractivity contribution in [2.75, 3.05) is 39.3 Å². The van der Waals surface area contributed by atoms with Crippen LogP contribution in [0.15, 0.2) is 0 Å². The third-order valence-corrected chi connectivity index (χ3v) is 5.84. The van der Waals surface area contributed by atoms with E-state index in [2.05, 4.69) is 10.6 Å². The molecule has 0 fully saturated rings. The first-order chi connectivity index (χ1) is 18.6. The van der Waals surface area contributed by atoms with Crippen molar-refractivity contribution in [1.29, 1.82) is 0 Å². The Balaban J connectivity index is 3.75. The van der Waals surface area contributed by atoms with Crippen LogP contribution in [0.25, 0.3) is 0 Å². The number of aliphatic hydroxyl groups is 1. The highest BCUT2D eigenvalue weighted by Gasteiger charge is 2.14. The fraction of sp³-hybridized carbons (Fsp3) is 0.800. The summed E-state index contributed by atoms with van der Waals surface area (Å²) in [5.41, 5.74) is 0. The van der Waals surface area contributed by atoms with Crippen molar-refractivity contribution >= 4 is 29.5 Å². The third kappa shape index (κ3) is 20.8. The average Bonchev–Trinajstić information content (AvgIpc) is 2.91. The van der Waals surface area contributed by atoms with Gasteiger partial charge in [-0.25, -0.2) is 15.2 Å². The van der Waals surface area contributed by atoms with Gasteiger partial charge in [0.05, 0.1) is 0 Å². The molecule has 0 radical (unpaired) electrons. The Morgan fingerprint density at radius 1 is 0.538 bits per heavy atom. The van der Waals surface area contributed by atoms with Crippen molar-refractivity contribution in [1.82, 2.24) is 25.8 Å². The van der Waals surface area contributed by atoms with E-state index >= 15 is 0 Å². The Labute approximate surface area is 230 Å². The van der Waals surface area contributed by atoms with Crippen LogP contribution >= 0.6 is 0 Å². The molecule has 0 spiro atoms. The molecule has 0 heterocycles. The number of nitrogens with zero attached hydrogens (tertiary/aromatic N) is 3. The number of hydrogen-bond donors (Lipinski definition) is 6. The molecule has 0 bridgehead atoms. The normalized spacial score (nSPS) is 10.6. The van der Waals surface area contributed by atoms with Crippen LogP contribution in [0.5, 0.6) is 0 Å². The van der Waals surface area contributed by atoms with Gasteiger partial charge in [-0.3, -0.25) is 39.6 Å². The van der Waals surface area contributed by atoms with E-state index in [1.54, 1.807) is 0 Å². The lowest BCUT2D eigenvalue weighted by molar-refractivity contribution is -0.166. The van der Waals surface area contributed by atoms with E-state index in [1.807, 2.05) is 0 Å². The summed E-state index contributed by atoms with van der Waals surface area (Å²) in [7, 11) is 0. The molecule has 39 heavy (non-hydrogen) atoms. The average molecular weight is 562 g/mol. The Morgan fingerprint density at radius 3 is 1.31 bits per heavy atom. The van der Waals surface area contributed by atoms with Gasteiger partial charge in [0, 0.05) is 71.9 Å². The number of unbranched alkanes of at least 4 members (excludes halogenated alkanes) is 6. The predicted molar refractivity (Wildman–Crippen MR) is 139 cm³/mol. The summed E-state index contributed by atoms with van der Waals surface area (Å²) >= 11 is 0. The molecule has 6 N–H and O–H groups in total. The van der Waals surface area contributed by atoms with Gasteiger partial charge < -0.3 is 15.7 Å². The fourth-order valence-electron chi connectivity index (χ4n) is 3.42. The molecule has 0 aliphatic rings. The number of nitrogens with one attached hydrogen (secondary N) is 2. The minimum absolute atomic E-state index is 0.0391. The molecule has 0 aliphatic heterocycles. The third-order valence-electron chi connectivity index (χ3n) is 5.84. The zero-order chi connectivity index (χ0) is 29.5. The lowest BCUT2D eigenvalue weighted by Crippen LogP contribution is -2.31. The van der Waals surface area contributed by atoms with Gasteiger partial charge in [0.15, 0.2) is 0 Å². The van der Waals surface area contributed by atoms with Crippen molar-refractivity contribution in [3.63, 3.8) is 0 Å². The van der Waals surface area contributed by atoms with Crippen molar-refractivity contribution < 1.29 is 44.7 Å². The first-order valence-corrected chi connectivity index (χ1v) is 13.7. The van der Waals surface area contributed by atoms with Crippen molar-refractivity contribution in [2.45, 2.75) is 90.4 Å². The van der Waals surface area contributed by atoms with Crippen LogP contribution in [0.3, 0.4) is 0 Å². The zero-order valence-corrected chi connectivity index (χ0v) is 23.1. The first kappa shape index (κ1) is 36.2. The highest BCUT2D eigenvalue weighted by atomic mass is 16.5. The van der Waals surface area contributed by atoms with E-state index in [0.29, 0.717) is 86.1 Å². The number of amides is 5. The minimum atomic E-state index is -0.554. The maximum Gasteiger partial charge on any atom is 0.246 e. The predicted octanol–water partition coefficient (Wildman–Crippen LogP) is 0.956. The minimum Gasteiger partial charge on any atom is -0.396 e. The summed E-state index contributed by atoms with van der Waals surface area (Å²) in [6, 6.07) is 0. The van der Waals surface area contributed by atoms with E-state index in [1.165, 1.54) is 6.92 Å². The van der Waals surface area contributed by atoms with E-state index in [9.17, 15) is 39.6 Å². The fourth-order valence-corrected chi connectivity index (χ4v) is 3.42. The summed E-state index contributed by atoms with van der Waals surface area (Å²) in [5, 5.41) is 44.7. The Hall–Kier alpha value is -2.81. The summed E-state index contributed by atoms with van der Waals surface area (Å²) in [6.07, 6.45) is 5.32. The Kier molecular flexibility index (Phi) is 21.4. The standard InChI is InChI=1S/C25H47N5O9/c1-21(32)28(37)17-7-2-5-15-26-22(33)11-13-24(35)29(38)18-8-3-6-16-27-23(34)12-14-25(36)30(39)19-9-4-10-20-31/h31,37-39H,2-20H2,1H3,(H,26,33)(H,27,34). The van der Waals surface area contributed by atoms with Crippen molar-refractivity contribution in [3.05, 3.63) is 0 Å². The molecule has 0 aromatic carbocycles. The molecular formula is C25H47N5O9. The number of carbonyl (C=O) groups is 5. The second-order valence-electron chi connectivity index (χ2n) is 9.28. The summed E-state index contributed by atoms with van der Waals surface area (Å²) in [6.45, 7) is 2.64. The van der Waals surface area contributed by atoms with E-state index in [-0.39, 0.29) is 63.7 Å². The maximum atomic E-state index is 12.0. The van der Waals surface area contributed by atoms with Gasteiger partial charge in [0.2, 0.25) is 29.5 Å². The number of carbonyl (C=O) groups excluding carboxylic acids is 5. The number of aliphatic hydroxyl groups excluding tert-OH is 1. The van der Waals surface area contributed by atoms with E-state index < -0.39 is 17.7 Å². The summed E-state index contributed by atoms with van der Waals surface area (Å²) in [5.74, 6) is -2.11. The summed E-state index contributed by atoms with van der Waals surface area (Å²) < 4.78 is 0. The first-order valence-electron chi connectivity index (χ1n) is 13.7. The van der Waals surface area contributed by atoms with Gasteiger partial charge in [-0.05, 0) is 57.8 Å². The van der Waals surface area contributed by atoms with Crippen LogP contribution < -0.4 is 10.6 Å². The van der Waals surface area contributed by atoms with Crippen LogP contribution in [0, 0.1) is 0 Å². The molecule has 0 saturated carbocycles. The van der Waals surface area contributed by atoms with Gasteiger partial charge in [0.1, 0.15) is 0 Å². The molecule has 0 rings (SSSR count). The maximum absolute atomic E-state index is 12.0. The molecule has 14 nitrogen and oxygen atoms in total. The molecule has 0 aliphatic carbocycles. The van der Waals surface area contributed by atoms with Gasteiger partial charge in [-0.1, -0.05) is 0 Å². The van der Waals surface area contributed by atoms with Gasteiger partial charge in [0.25, 0.3) is 0 Å². The molecule has 0 saturated heterocycles. The lowest BCUT2D eigenvalue weighted by atomic mass is 10.2. The summed E-state index contributed by atoms with van der Waals surface area (Å²) in [4.78, 5) is 58.3. The van der Waals surface area contributed by atoms with Crippen LogP contribution in [-0.4, -0.2) is 105 Å². The smallest absolute Gasteiger partial charge is 0.246 e. The zero-order valence-electron chi connectivity index (χ0n) is 23.1. The Bertz CT molecular complexity index is 739. The van der Waals surface area contributed by atoms with Crippen molar-refractivity contribution in [2.24, 2.45) is 0 Å². The number of hydrogen-bond acceptors (Lipinski definition) is 9. The highest BCUT2D eigenvalue weighted by molar-refractivity contribution is 5.83. The van der Waals surface area contributed by atoms with Gasteiger partial charge in [-0.15, -0.1) is 0 Å². The second kappa shape index (κ2) is 23.1. The monoisotopic (exact) mass is 561 g/mol. The number of hydroxylamine groups is 6. The van der Waals surface area contributed by atoms with Crippen LogP contribution in [0.2, 0.25) is 0 Å². The SMILES string of the molecule is CC(=O)N(O)CCCCCNC(=O)CCC(=O)N(O)CCCCCNC(=O)CCC(=O)N(O)CCCCCO. The molecule has 0 atom stereocenters. The molecule has 0 unspecified atom stereocenters. The van der Waals surface area contributed by atoms with Gasteiger partial charge >= 0.3 is 0 Å². The molecule has 226 valence electrons. The largest absolute Gasteiger partial charge is 0.396 e. The molecule has 5 amide bonds. The second-order valence-corrected chi connectivity index (χ2v) is 9.28. The van der Waals surface area contributed by atoms with E-state index in [4.69, 9.17) is 5.11 Å². The van der Waals surface area contributed by atoms with Crippen LogP contribution in [0.1, 0.15) is 90.4 Å².